The zero-order valence-electron chi connectivity index (χ0n) is 27.0. The Morgan fingerprint density at radius 3 is 2.49 bits per heavy atom. The molecule has 0 radical (unpaired) electrons. The van der Waals surface area contributed by atoms with E-state index in [0.717, 1.165) is 74.7 Å². The summed E-state index contributed by atoms with van der Waals surface area (Å²) in [5.41, 5.74) is 7.98. The molecule has 1 aliphatic heterocycles. The Labute approximate surface area is 273 Å². The van der Waals surface area contributed by atoms with Gasteiger partial charge in [0.1, 0.15) is 18.0 Å². The number of hydrogen-bond donors (Lipinski definition) is 1. The van der Waals surface area contributed by atoms with Crippen LogP contribution in [-0.2, 0) is 11.3 Å². The molecule has 1 fully saturated rings. The number of nitrogens with one attached hydrogen (secondary N) is 1. The maximum atomic E-state index is 13.1. The van der Waals surface area contributed by atoms with E-state index in [1.54, 1.807) is 4.90 Å². The number of aromatic nitrogens is 5. The predicted molar refractivity (Wildman–Crippen MR) is 181 cm³/mol. The quantitative estimate of drug-likeness (QED) is 0.192. The van der Waals surface area contributed by atoms with Gasteiger partial charge in [-0.3, -0.25) is 0 Å². The molecular formula is C37H37N7O3. The molecule has 0 spiro atoms. The van der Waals surface area contributed by atoms with Crippen molar-refractivity contribution in [3.8, 4) is 28.2 Å². The molecule has 0 bridgehead atoms. The molecule has 5 heterocycles. The predicted octanol–water partition coefficient (Wildman–Crippen LogP) is 7.66. The van der Waals surface area contributed by atoms with Gasteiger partial charge in [-0.25, -0.2) is 19.7 Å². The van der Waals surface area contributed by atoms with Crippen molar-refractivity contribution in [3.63, 3.8) is 0 Å². The number of carbonyl (C=O) groups is 1. The normalized spacial score (nSPS) is 16.4. The zero-order valence-corrected chi connectivity index (χ0v) is 27.0. The van der Waals surface area contributed by atoms with Gasteiger partial charge in [-0.2, -0.15) is 0 Å². The van der Waals surface area contributed by atoms with Crippen LogP contribution in [0.2, 0.25) is 0 Å². The van der Waals surface area contributed by atoms with Crippen LogP contribution in [-0.4, -0.2) is 54.3 Å². The van der Waals surface area contributed by atoms with Gasteiger partial charge in [0.15, 0.2) is 0 Å². The number of pyridine rings is 1. The van der Waals surface area contributed by atoms with E-state index >= 15 is 0 Å². The number of benzene rings is 2. The zero-order chi connectivity index (χ0) is 32.5. The molecular weight excluding hydrogens is 590 g/mol. The van der Waals surface area contributed by atoms with Crippen molar-refractivity contribution in [3.05, 3.63) is 108 Å². The van der Waals surface area contributed by atoms with E-state index in [-0.39, 0.29) is 24.8 Å². The third-order valence-corrected chi connectivity index (χ3v) is 8.86. The van der Waals surface area contributed by atoms with Crippen LogP contribution in [0.25, 0.3) is 39.2 Å². The van der Waals surface area contributed by atoms with E-state index < -0.39 is 0 Å². The summed E-state index contributed by atoms with van der Waals surface area (Å²) in [4.78, 5) is 29.7. The maximum absolute atomic E-state index is 13.1. The number of nitrogens with zero attached hydrogens (tertiary/aromatic N) is 6. The van der Waals surface area contributed by atoms with Crippen LogP contribution in [0.4, 0.5) is 10.7 Å². The first kappa shape index (κ1) is 30.2. The second-order valence-corrected chi connectivity index (χ2v) is 12.2. The average molecular weight is 628 g/mol. The van der Waals surface area contributed by atoms with Gasteiger partial charge in [0, 0.05) is 47.7 Å². The highest BCUT2D eigenvalue weighted by Gasteiger charge is 2.31. The SMILES string of the molecule is Cc1cnc(N[C@H]2CC[C@H](C)N(C(=O)OCc3ccccc3)C2)nc1-c1cn(-c2ccccc2)c2nc(-c3c(C)noc3C)ccc12. The lowest BCUT2D eigenvalue weighted by Crippen LogP contribution is -2.50. The molecule has 1 amide bonds. The molecule has 0 unspecified atom stereocenters. The maximum Gasteiger partial charge on any atom is 0.410 e. The summed E-state index contributed by atoms with van der Waals surface area (Å²) in [7, 11) is 0. The van der Waals surface area contributed by atoms with Crippen molar-refractivity contribution in [2.24, 2.45) is 0 Å². The van der Waals surface area contributed by atoms with E-state index in [1.165, 1.54) is 0 Å². The Bertz CT molecular complexity index is 2020. The van der Waals surface area contributed by atoms with Crippen LogP contribution < -0.4 is 5.32 Å². The minimum absolute atomic E-state index is 0.0176. The number of anilines is 1. The smallest absolute Gasteiger partial charge is 0.410 e. The Kier molecular flexibility index (Phi) is 8.15. The first-order valence-electron chi connectivity index (χ1n) is 15.9. The van der Waals surface area contributed by atoms with Crippen molar-refractivity contribution in [2.45, 2.75) is 59.2 Å². The Morgan fingerprint density at radius 2 is 1.74 bits per heavy atom. The van der Waals surface area contributed by atoms with E-state index in [9.17, 15) is 4.79 Å². The largest absolute Gasteiger partial charge is 0.445 e. The van der Waals surface area contributed by atoms with Gasteiger partial charge in [0.25, 0.3) is 0 Å². The van der Waals surface area contributed by atoms with Crippen molar-refractivity contribution < 1.29 is 14.1 Å². The minimum atomic E-state index is -0.310. The molecule has 1 aliphatic rings. The number of piperidine rings is 1. The topological polar surface area (TPSA) is 111 Å². The number of ether oxygens (including phenoxy) is 1. The minimum Gasteiger partial charge on any atom is -0.445 e. The number of aryl methyl sites for hydroxylation is 3. The number of likely N-dealkylation sites (tertiary alicyclic amines) is 1. The highest BCUT2D eigenvalue weighted by Crippen LogP contribution is 2.35. The average Bonchev–Trinajstić information content (AvgIpc) is 3.64. The molecule has 0 aliphatic carbocycles. The summed E-state index contributed by atoms with van der Waals surface area (Å²) in [6.07, 6.45) is 5.36. The molecule has 6 aromatic rings. The van der Waals surface area contributed by atoms with Gasteiger partial charge < -0.3 is 24.0 Å². The first-order valence-corrected chi connectivity index (χ1v) is 15.9. The number of rotatable bonds is 7. The number of para-hydroxylation sites is 1. The van der Waals surface area contributed by atoms with Crippen molar-refractivity contribution in [1.29, 1.82) is 0 Å². The second kappa shape index (κ2) is 12.7. The van der Waals surface area contributed by atoms with Gasteiger partial charge in [-0.1, -0.05) is 53.7 Å². The fourth-order valence-electron chi connectivity index (χ4n) is 6.31. The summed E-state index contributed by atoms with van der Waals surface area (Å²) in [5.74, 6) is 1.25. The number of amides is 1. The van der Waals surface area contributed by atoms with Gasteiger partial charge in [0.2, 0.25) is 5.95 Å². The van der Waals surface area contributed by atoms with Crippen LogP contribution in [0.3, 0.4) is 0 Å². The Balaban J connectivity index is 1.18. The molecule has 1 N–H and O–H groups in total. The van der Waals surface area contributed by atoms with E-state index in [4.69, 9.17) is 19.2 Å². The van der Waals surface area contributed by atoms with Crippen LogP contribution in [0.5, 0.6) is 0 Å². The monoisotopic (exact) mass is 627 g/mol. The summed E-state index contributed by atoms with van der Waals surface area (Å²) in [6, 6.07) is 24.1. The van der Waals surface area contributed by atoms with Crippen LogP contribution in [0, 0.1) is 20.8 Å². The van der Waals surface area contributed by atoms with Crippen LogP contribution in [0.15, 0.2) is 89.7 Å². The Morgan fingerprint density at radius 1 is 0.979 bits per heavy atom. The molecule has 7 rings (SSSR count). The van der Waals surface area contributed by atoms with Gasteiger partial charge in [-0.05, 0) is 75.9 Å². The molecule has 2 atom stereocenters. The molecule has 1 saturated heterocycles. The molecule has 2 aromatic carbocycles. The number of hydrogen-bond acceptors (Lipinski definition) is 8. The summed E-state index contributed by atoms with van der Waals surface area (Å²) in [6.45, 7) is 8.66. The molecule has 238 valence electrons. The number of carbonyl (C=O) groups excluding carboxylic acids is 1. The van der Waals surface area contributed by atoms with E-state index in [1.807, 2.05) is 81.6 Å². The highest BCUT2D eigenvalue weighted by molar-refractivity contribution is 5.96. The van der Waals surface area contributed by atoms with E-state index in [0.29, 0.717) is 12.5 Å². The fraction of sp³-hybridized carbons (Fsp3) is 0.270. The molecule has 10 heteroatoms. The van der Waals surface area contributed by atoms with Crippen LogP contribution in [0.1, 0.15) is 42.3 Å². The lowest BCUT2D eigenvalue weighted by Gasteiger charge is -2.37. The molecule has 4 aromatic heterocycles. The lowest BCUT2D eigenvalue weighted by atomic mass is 10.00. The first-order chi connectivity index (χ1) is 22.9. The van der Waals surface area contributed by atoms with Crippen molar-refractivity contribution in [1.82, 2.24) is 29.6 Å². The van der Waals surface area contributed by atoms with E-state index in [2.05, 4.69) is 51.3 Å². The third-order valence-electron chi connectivity index (χ3n) is 8.86. The fourth-order valence-corrected chi connectivity index (χ4v) is 6.31. The van der Waals surface area contributed by atoms with Crippen molar-refractivity contribution in [2.75, 3.05) is 11.9 Å². The molecule has 10 nitrogen and oxygen atoms in total. The van der Waals surface area contributed by atoms with Gasteiger partial charge in [-0.15, -0.1) is 0 Å². The van der Waals surface area contributed by atoms with Crippen LogP contribution >= 0.6 is 0 Å². The third kappa shape index (κ3) is 6.06. The summed E-state index contributed by atoms with van der Waals surface area (Å²) >= 11 is 0. The second-order valence-electron chi connectivity index (χ2n) is 12.2. The standard InChI is InChI=1S/C37H37N7O3/c1-23-19-38-36(39-28-16-15-24(2)43(20-28)37(45)46-22-27-11-7-5-8-12-27)41-34(23)31-21-44(29-13-9-6-10-14-29)35-30(31)17-18-32(40-35)33-25(3)42-47-26(33)4/h5-14,17-19,21,24,28H,15-16,20,22H2,1-4H3,(H,38,39,41)/t24-,28-/m0/s1. The summed E-state index contributed by atoms with van der Waals surface area (Å²) < 4.78 is 13.2. The Hall–Kier alpha value is -5.51. The van der Waals surface area contributed by atoms with Gasteiger partial charge in [0.05, 0.1) is 22.6 Å². The number of fused-ring (bicyclic) bond motifs is 1. The van der Waals surface area contributed by atoms with Gasteiger partial charge >= 0.3 is 6.09 Å². The highest BCUT2D eigenvalue weighted by atomic mass is 16.6. The molecule has 0 saturated carbocycles. The summed E-state index contributed by atoms with van der Waals surface area (Å²) in [5, 5.41) is 8.62. The molecule has 47 heavy (non-hydrogen) atoms. The van der Waals surface area contributed by atoms with Crippen molar-refractivity contribution >= 4 is 23.1 Å². The lowest BCUT2D eigenvalue weighted by molar-refractivity contribution is 0.0695.